The van der Waals surface area contributed by atoms with Crippen molar-refractivity contribution in [1.29, 1.82) is 5.26 Å². The van der Waals surface area contributed by atoms with E-state index in [4.69, 9.17) is 5.26 Å². The number of halogens is 1. The molecule has 3 nitrogen and oxygen atoms in total. The molecule has 0 N–H and O–H groups in total. The first kappa shape index (κ1) is 12.2. The minimum atomic E-state index is -0.747. The summed E-state index contributed by atoms with van der Waals surface area (Å²) in [6.45, 7) is 0. The molecule has 0 aliphatic heterocycles. The zero-order chi connectivity index (χ0) is 12.3. The number of carbonyl (C=O) groups excluding carboxylic acids is 1. The van der Waals surface area contributed by atoms with Gasteiger partial charge in [0.2, 0.25) is 0 Å². The molecular weight excluding hydrogens is 347 g/mol. The van der Waals surface area contributed by atoms with Gasteiger partial charge in [-0.05, 0) is 46.4 Å². The molecule has 0 spiro atoms. The Bertz CT molecular complexity index is 574. The quantitative estimate of drug-likeness (QED) is 0.628. The van der Waals surface area contributed by atoms with Gasteiger partial charge in [-0.3, -0.25) is 9.78 Å². The molecule has 0 bridgehead atoms. The standard InChI is InChI=1S/C12H7IN2OS/c13-11-5-9(7-17-11)12(16)10(6-14)8-1-3-15-4-2-8/h1-5,7,10H. The van der Waals surface area contributed by atoms with E-state index in [0.29, 0.717) is 11.1 Å². The molecule has 2 aromatic rings. The third-order valence-corrected chi connectivity index (χ3v) is 4.07. The fourth-order valence-corrected chi connectivity index (χ4v) is 2.78. The number of rotatable bonds is 3. The first-order chi connectivity index (χ1) is 8.22. The van der Waals surface area contributed by atoms with E-state index in [1.165, 1.54) is 11.3 Å². The molecule has 1 atom stereocenters. The molecule has 0 radical (unpaired) electrons. The van der Waals surface area contributed by atoms with Crippen LogP contribution in [0.4, 0.5) is 0 Å². The fourth-order valence-electron chi connectivity index (χ4n) is 1.45. The number of pyridine rings is 1. The summed E-state index contributed by atoms with van der Waals surface area (Å²) in [5.74, 6) is -0.902. The highest BCUT2D eigenvalue weighted by molar-refractivity contribution is 14.1. The topological polar surface area (TPSA) is 53.8 Å². The smallest absolute Gasteiger partial charge is 0.185 e. The van der Waals surface area contributed by atoms with Gasteiger partial charge in [0, 0.05) is 23.3 Å². The van der Waals surface area contributed by atoms with Crippen molar-refractivity contribution >= 4 is 39.7 Å². The summed E-state index contributed by atoms with van der Waals surface area (Å²) in [4.78, 5) is 16.0. The van der Waals surface area contributed by atoms with Crippen molar-refractivity contribution in [2.75, 3.05) is 0 Å². The number of thiophene rings is 1. The van der Waals surface area contributed by atoms with E-state index in [9.17, 15) is 4.79 Å². The van der Waals surface area contributed by atoms with E-state index in [-0.39, 0.29) is 5.78 Å². The molecule has 2 aromatic heterocycles. The van der Waals surface area contributed by atoms with E-state index >= 15 is 0 Å². The lowest BCUT2D eigenvalue weighted by Crippen LogP contribution is -2.10. The lowest BCUT2D eigenvalue weighted by molar-refractivity contribution is 0.0979. The van der Waals surface area contributed by atoms with E-state index in [1.807, 2.05) is 0 Å². The third kappa shape index (κ3) is 2.70. The summed E-state index contributed by atoms with van der Waals surface area (Å²) in [5, 5.41) is 10.9. The zero-order valence-corrected chi connectivity index (χ0v) is 11.6. The molecule has 84 valence electrons. The Morgan fingerprint density at radius 1 is 1.47 bits per heavy atom. The molecule has 0 fully saturated rings. The van der Waals surface area contributed by atoms with Crippen molar-refractivity contribution in [2.45, 2.75) is 5.92 Å². The average molecular weight is 354 g/mol. The largest absolute Gasteiger partial charge is 0.292 e. The van der Waals surface area contributed by atoms with Crippen LogP contribution >= 0.6 is 33.9 Å². The second-order valence-corrected chi connectivity index (χ2v) is 6.15. The summed E-state index contributed by atoms with van der Waals surface area (Å²) in [5.41, 5.74) is 1.29. The summed E-state index contributed by atoms with van der Waals surface area (Å²) < 4.78 is 1.04. The van der Waals surface area contributed by atoms with Gasteiger partial charge in [-0.25, -0.2) is 0 Å². The molecule has 0 saturated carbocycles. The van der Waals surface area contributed by atoms with Gasteiger partial charge in [0.15, 0.2) is 5.78 Å². The predicted molar refractivity (Wildman–Crippen MR) is 74.0 cm³/mol. The van der Waals surface area contributed by atoms with Crippen LogP contribution in [-0.4, -0.2) is 10.8 Å². The maximum Gasteiger partial charge on any atom is 0.185 e. The average Bonchev–Trinajstić information content (AvgIpc) is 2.78. The van der Waals surface area contributed by atoms with Gasteiger partial charge in [0.05, 0.1) is 8.95 Å². The van der Waals surface area contributed by atoms with Gasteiger partial charge in [-0.2, -0.15) is 5.26 Å². The molecule has 0 aromatic carbocycles. The van der Waals surface area contributed by atoms with E-state index in [2.05, 4.69) is 33.6 Å². The number of carbonyl (C=O) groups is 1. The fraction of sp³-hybridized carbons (Fsp3) is 0.0833. The molecule has 0 aliphatic carbocycles. The van der Waals surface area contributed by atoms with Crippen LogP contribution in [0.5, 0.6) is 0 Å². The van der Waals surface area contributed by atoms with Crippen LogP contribution in [0.2, 0.25) is 0 Å². The molecule has 1 unspecified atom stereocenters. The Labute approximate surface area is 116 Å². The second-order valence-electron chi connectivity index (χ2n) is 3.35. The number of hydrogen-bond donors (Lipinski definition) is 0. The molecule has 5 heteroatoms. The van der Waals surface area contributed by atoms with E-state index in [1.54, 1.807) is 36.0 Å². The van der Waals surface area contributed by atoms with Crippen LogP contribution in [0.3, 0.4) is 0 Å². The summed E-state index contributed by atoms with van der Waals surface area (Å²) >= 11 is 3.66. The maximum atomic E-state index is 12.2. The van der Waals surface area contributed by atoms with Crippen LogP contribution in [0.25, 0.3) is 0 Å². The first-order valence-corrected chi connectivity index (χ1v) is 6.76. The molecule has 2 rings (SSSR count). The number of ketones is 1. The van der Waals surface area contributed by atoms with Crippen LogP contribution in [0.1, 0.15) is 21.8 Å². The Morgan fingerprint density at radius 2 is 2.18 bits per heavy atom. The van der Waals surface area contributed by atoms with Gasteiger partial charge in [-0.15, -0.1) is 11.3 Å². The second kappa shape index (κ2) is 5.38. The number of nitriles is 1. The summed E-state index contributed by atoms with van der Waals surface area (Å²) in [6.07, 6.45) is 3.18. The molecular formula is C12H7IN2OS. The Hall–Kier alpha value is -1.26. The van der Waals surface area contributed by atoms with E-state index < -0.39 is 5.92 Å². The maximum absolute atomic E-state index is 12.2. The van der Waals surface area contributed by atoms with Gasteiger partial charge in [-0.1, -0.05) is 0 Å². The zero-order valence-electron chi connectivity index (χ0n) is 8.63. The van der Waals surface area contributed by atoms with Crippen LogP contribution < -0.4 is 0 Å². The molecule has 0 amide bonds. The highest BCUT2D eigenvalue weighted by Crippen LogP contribution is 2.24. The van der Waals surface area contributed by atoms with Gasteiger partial charge in [0.25, 0.3) is 0 Å². The monoisotopic (exact) mass is 354 g/mol. The van der Waals surface area contributed by atoms with Crippen molar-refractivity contribution in [1.82, 2.24) is 4.98 Å². The van der Waals surface area contributed by atoms with Crippen LogP contribution in [-0.2, 0) is 0 Å². The predicted octanol–water partition coefficient (Wildman–Crippen LogP) is 3.24. The van der Waals surface area contributed by atoms with Crippen LogP contribution in [0.15, 0.2) is 36.0 Å². The summed E-state index contributed by atoms with van der Waals surface area (Å²) in [7, 11) is 0. The van der Waals surface area contributed by atoms with Crippen LogP contribution in [0, 0.1) is 14.2 Å². The Balaban J connectivity index is 2.32. The highest BCUT2D eigenvalue weighted by atomic mass is 127. The summed E-state index contributed by atoms with van der Waals surface area (Å²) in [6, 6.07) is 7.25. The van der Waals surface area contributed by atoms with Crippen molar-refractivity contribution in [3.63, 3.8) is 0 Å². The number of hydrogen-bond acceptors (Lipinski definition) is 4. The molecule has 0 aliphatic rings. The third-order valence-electron chi connectivity index (χ3n) is 2.28. The van der Waals surface area contributed by atoms with Crippen molar-refractivity contribution in [3.05, 3.63) is 50.0 Å². The van der Waals surface area contributed by atoms with Crippen molar-refractivity contribution in [3.8, 4) is 6.07 Å². The highest BCUT2D eigenvalue weighted by Gasteiger charge is 2.22. The minimum Gasteiger partial charge on any atom is -0.292 e. The Morgan fingerprint density at radius 3 is 2.71 bits per heavy atom. The van der Waals surface area contributed by atoms with Crippen molar-refractivity contribution in [2.24, 2.45) is 0 Å². The normalized spacial score (nSPS) is 11.8. The molecule has 17 heavy (non-hydrogen) atoms. The first-order valence-electron chi connectivity index (χ1n) is 4.80. The van der Waals surface area contributed by atoms with E-state index in [0.717, 1.165) is 2.88 Å². The number of nitrogens with zero attached hydrogens (tertiary/aromatic N) is 2. The number of aromatic nitrogens is 1. The van der Waals surface area contributed by atoms with Crippen molar-refractivity contribution < 1.29 is 4.79 Å². The van der Waals surface area contributed by atoms with Gasteiger partial charge in [0.1, 0.15) is 5.92 Å². The SMILES string of the molecule is N#CC(C(=O)c1csc(I)c1)c1ccncc1. The minimum absolute atomic E-state index is 0.155. The lowest BCUT2D eigenvalue weighted by Gasteiger charge is -2.06. The Kier molecular flexibility index (Phi) is 3.86. The van der Waals surface area contributed by atoms with Gasteiger partial charge >= 0.3 is 0 Å². The number of Topliss-reactive ketones (excluding diaryl/α,β-unsaturated/α-hetero) is 1. The lowest BCUT2D eigenvalue weighted by atomic mass is 9.94. The van der Waals surface area contributed by atoms with Gasteiger partial charge < -0.3 is 0 Å². The molecule has 0 saturated heterocycles. The molecule has 2 heterocycles.